The quantitative estimate of drug-likeness (QED) is 0.347. The first-order valence-corrected chi connectivity index (χ1v) is 10.5. The summed E-state index contributed by atoms with van der Waals surface area (Å²) in [5, 5.41) is 7.95. The molecular formula is C18H35IN4OS. The molecule has 2 aliphatic carbocycles. The van der Waals surface area contributed by atoms with Crippen molar-refractivity contribution in [3.8, 4) is 0 Å². The number of guanidine groups is 1. The van der Waals surface area contributed by atoms with Gasteiger partial charge in [-0.3, -0.25) is 4.79 Å². The molecule has 146 valence electrons. The molecule has 2 atom stereocenters. The van der Waals surface area contributed by atoms with Crippen LogP contribution in [-0.4, -0.2) is 60.5 Å². The normalized spacial score (nSPS) is 24.5. The Morgan fingerprint density at radius 1 is 1.08 bits per heavy atom. The number of aliphatic imine (C=N–C) groups is 1. The van der Waals surface area contributed by atoms with Crippen molar-refractivity contribution in [1.82, 2.24) is 15.5 Å². The predicted molar refractivity (Wildman–Crippen MR) is 119 cm³/mol. The van der Waals surface area contributed by atoms with Gasteiger partial charge in [0.2, 0.25) is 5.91 Å². The molecule has 7 heteroatoms. The van der Waals surface area contributed by atoms with Crippen molar-refractivity contribution in [2.24, 2.45) is 4.99 Å². The fourth-order valence-electron chi connectivity index (χ4n) is 3.54. The zero-order valence-electron chi connectivity index (χ0n) is 15.9. The van der Waals surface area contributed by atoms with Gasteiger partial charge in [-0.05, 0) is 37.9 Å². The SMILES string of the molecule is CCSC1CCCC(NC(=NCC(=O)N(C)C)NC2CCCC2)C1.I. The van der Waals surface area contributed by atoms with E-state index < -0.39 is 0 Å². The molecule has 2 unspecified atom stereocenters. The Labute approximate surface area is 174 Å². The van der Waals surface area contributed by atoms with Crippen LogP contribution in [0.3, 0.4) is 0 Å². The van der Waals surface area contributed by atoms with Crippen molar-refractivity contribution < 1.29 is 4.79 Å². The highest BCUT2D eigenvalue weighted by Crippen LogP contribution is 2.28. The number of hydrogen-bond donors (Lipinski definition) is 2. The van der Waals surface area contributed by atoms with Crippen LogP contribution in [0.1, 0.15) is 58.3 Å². The average molecular weight is 482 g/mol. The van der Waals surface area contributed by atoms with Crippen LogP contribution in [0.15, 0.2) is 4.99 Å². The summed E-state index contributed by atoms with van der Waals surface area (Å²) in [4.78, 5) is 18.0. The van der Waals surface area contributed by atoms with E-state index in [-0.39, 0.29) is 36.4 Å². The minimum atomic E-state index is 0. The number of likely N-dealkylation sites (N-methyl/N-ethyl adjacent to an activating group) is 1. The van der Waals surface area contributed by atoms with Crippen molar-refractivity contribution in [2.75, 3.05) is 26.4 Å². The minimum Gasteiger partial charge on any atom is -0.354 e. The zero-order chi connectivity index (χ0) is 17.4. The fraction of sp³-hybridized carbons (Fsp3) is 0.889. The Morgan fingerprint density at radius 2 is 1.72 bits per heavy atom. The second-order valence-electron chi connectivity index (χ2n) is 7.16. The molecule has 0 radical (unpaired) electrons. The molecule has 0 aromatic heterocycles. The van der Waals surface area contributed by atoms with Gasteiger partial charge in [-0.25, -0.2) is 4.99 Å². The number of carbonyl (C=O) groups excluding carboxylic acids is 1. The van der Waals surface area contributed by atoms with E-state index in [1.165, 1.54) is 57.1 Å². The second-order valence-corrected chi connectivity index (χ2v) is 8.74. The Balaban J connectivity index is 0.00000312. The first-order valence-electron chi connectivity index (χ1n) is 9.47. The number of halogens is 1. The molecule has 25 heavy (non-hydrogen) atoms. The number of nitrogens with one attached hydrogen (secondary N) is 2. The molecule has 2 fully saturated rings. The van der Waals surface area contributed by atoms with Crippen LogP contribution in [0.2, 0.25) is 0 Å². The van der Waals surface area contributed by atoms with Gasteiger partial charge in [0.05, 0.1) is 0 Å². The van der Waals surface area contributed by atoms with Crippen molar-refractivity contribution in [2.45, 2.75) is 75.6 Å². The molecular weight excluding hydrogens is 447 g/mol. The van der Waals surface area contributed by atoms with Gasteiger partial charge in [0.25, 0.3) is 0 Å². The Morgan fingerprint density at radius 3 is 2.36 bits per heavy atom. The monoisotopic (exact) mass is 482 g/mol. The van der Waals surface area contributed by atoms with Crippen LogP contribution >= 0.6 is 35.7 Å². The summed E-state index contributed by atoms with van der Waals surface area (Å²) in [5.41, 5.74) is 0. The topological polar surface area (TPSA) is 56.7 Å². The lowest BCUT2D eigenvalue weighted by molar-refractivity contribution is -0.127. The Kier molecular flexibility index (Phi) is 11.2. The third-order valence-corrected chi connectivity index (χ3v) is 6.17. The highest BCUT2D eigenvalue weighted by molar-refractivity contribution is 14.0. The van der Waals surface area contributed by atoms with Gasteiger partial charge in [-0.2, -0.15) is 11.8 Å². The van der Waals surface area contributed by atoms with E-state index in [1.54, 1.807) is 19.0 Å². The Hall–Kier alpha value is -0.180. The van der Waals surface area contributed by atoms with Gasteiger partial charge < -0.3 is 15.5 Å². The van der Waals surface area contributed by atoms with Gasteiger partial charge >= 0.3 is 0 Å². The summed E-state index contributed by atoms with van der Waals surface area (Å²) in [7, 11) is 3.56. The molecule has 1 amide bonds. The van der Waals surface area contributed by atoms with E-state index in [0.29, 0.717) is 12.1 Å². The lowest BCUT2D eigenvalue weighted by Gasteiger charge is -2.31. The summed E-state index contributed by atoms with van der Waals surface area (Å²) < 4.78 is 0. The third-order valence-electron chi connectivity index (χ3n) is 4.94. The molecule has 0 heterocycles. The second kappa shape index (κ2) is 12.3. The molecule has 0 bridgehead atoms. The standard InChI is InChI=1S/C18H34N4OS.HI/c1-4-24-16-11-7-10-15(12-16)21-18(19-13-17(23)22(2)3)20-14-8-5-6-9-14;/h14-16H,4-13H2,1-3H3,(H2,19,20,21);1H. The molecule has 2 N–H and O–H groups in total. The van der Waals surface area contributed by atoms with E-state index in [1.807, 2.05) is 0 Å². The maximum Gasteiger partial charge on any atom is 0.243 e. The van der Waals surface area contributed by atoms with Gasteiger partial charge in [0, 0.05) is 31.4 Å². The largest absolute Gasteiger partial charge is 0.354 e. The summed E-state index contributed by atoms with van der Waals surface area (Å²) in [6.45, 7) is 2.46. The molecule has 5 nitrogen and oxygen atoms in total. The number of hydrogen-bond acceptors (Lipinski definition) is 3. The number of amides is 1. The zero-order valence-corrected chi connectivity index (χ0v) is 19.1. The molecule has 2 rings (SSSR count). The summed E-state index contributed by atoms with van der Waals surface area (Å²) >= 11 is 2.08. The van der Waals surface area contributed by atoms with Crippen LogP contribution in [-0.2, 0) is 4.79 Å². The first-order chi connectivity index (χ1) is 11.6. The van der Waals surface area contributed by atoms with Crippen molar-refractivity contribution >= 4 is 47.6 Å². The van der Waals surface area contributed by atoms with Gasteiger partial charge in [-0.15, -0.1) is 24.0 Å². The van der Waals surface area contributed by atoms with E-state index in [0.717, 1.165) is 11.2 Å². The van der Waals surface area contributed by atoms with E-state index >= 15 is 0 Å². The van der Waals surface area contributed by atoms with Crippen LogP contribution in [0, 0.1) is 0 Å². The van der Waals surface area contributed by atoms with Crippen molar-refractivity contribution in [3.63, 3.8) is 0 Å². The number of nitrogens with zero attached hydrogens (tertiary/aromatic N) is 2. The molecule has 0 aliphatic heterocycles. The summed E-state index contributed by atoms with van der Waals surface area (Å²) in [6.07, 6.45) is 10.0. The highest BCUT2D eigenvalue weighted by Gasteiger charge is 2.24. The maximum absolute atomic E-state index is 11.9. The predicted octanol–water partition coefficient (Wildman–Crippen LogP) is 3.23. The number of rotatable bonds is 6. The molecule has 0 spiro atoms. The number of thioether (sulfide) groups is 1. The average Bonchev–Trinajstić information content (AvgIpc) is 3.06. The molecule has 2 saturated carbocycles. The molecule has 0 aromatic carbocycles. The maximum atomic E-state index is 11.9. The fourth-order valence-corrected chi connectivity index (χ4v) is 4.71. The Bertz CT molecular complexity index is 425. The van der Waals surface area contributed by atoms with Crippen LogP contribution < -0.4 is 10.6 Å². The minimum absolute atomic E-state index is 0. The van der Waals surface area contributed by atoms with Gasteiger partial charge in [-0.1, -0.05) is 26.2 Å². The van der Waals surface area contributed by atoms with Crippen molar-refractivity contribution in [1.29, 1.82) is 0 Å². The molecule has 0 aromatic rings. The van der Waals surface area contributed by atoms with Crippen LogP contribution in [0.5, 0.6) is 0 Å². The first kappa shape index (κ1) is 22.9. The van der Waals surface area contributed by atoms with Gasteiger partial charge in [0.1, 0.15) is 6.54 Å². The van der Waals surface area contributed by atoms with E-state index in [2.05, 4.69) is 34.3 Å². The van der Waals surface area contributed by atoms with Gasteiger partial charge in [0.15, 0.2) is 5.96 Å². The lowest BCUT2D eigenvalue weighted by Crippen LogP contribution is -2.48. The van der Waals surface area contributed by atoms with Crippen LogP contribution in [0.4, 0.5) is 0 Å². The van der Waals surface area contributed by atoms with E-state index in [4.69, 9.17) is 0 Å². The molecule has 0 saturated heterocycles. The third kappa shape index (κ3) is 8.37. The highest BCUT2D eigenvalue weighted by atomic mass is 127. The summed E-state index contributed by atoms with van der Waals surface area (Å²) in [5.74, 6) is 2.07. The van der Waals surface area contributed by atoms with E-state index in [9.17, 15) is 4.79 Å². The van der Waals surface area contributed by atoms with Crippen molar-refractivity contribution in [3.05, 3.63) is 0 Å². The molecule has 2 aliphatic rings. The van der Waals surface area contributed by atoms with Crippen LogP contribution in [0.25, 0.3) is 0 Å². The summed E-state index contributed by atoms with van der Waals surface area (Å²) in [6, 6.07) is 0.986. The smallest absolute Gasteiger partial charge is 0.243 e. The lowest BCUT2D eigenvalue weighted by atomic mass is 9.95. The number of carbonyl (C=O) groups is 1.